The van der Waals surface area contributed by atoms with Gasteiger partial charge >= 0.3 is 0 Å². The summed E-state index contributed by atoms with van der Waals surface area (Å²) in [5.74, 6) is 0. The number of hydrogen-bond donors (Lipinski definition) is 0. The second-order valence-electron chi connectivity index (χ2n) is 17.2. The van der Waals surface area contributed by atoms with E-state index in [0.29, 0.717) is 0 Å². The number of rotatable bonds is 5. The molecule has 10 aromatic carbocycles. The van der Waals surface area contributed by atoms with Crippen molar-refractivity contribution in [3.8, 4) is 39.1 Å². The fourth-order valence-electron chi connectivity index (χ4n) is 11.4. The minimum atomic E-state index is -0.587. The first-order chi connectivity index (χ1) is 31.8. The van der Waals surface area contributed by atoms with Crippen LogP contribution in [0.5, 0.6) is 0 Å². The van der Waals surface area contributed by atoms with Crippen molar-refractivity contribution in [3.63, 3.8) is 0 Å². The summed E-state index contributed by atoms with van der Waals surface area (Å²) >= 11 is 0. The zero-order valence-electron chi connectivity index (χ0n) is 34.7. The van der Waals surface area contributed by atoms with Crippen LogP contribution < -0.4 is 4.90 Å². The minimum absolute atomic E-state index is 0.587. The summed E-state index contributed by atoms with van der Waals surface area (Å²) in [6, 6.07) is 84.5. The first-order valence-electron chi connectivity index (χ1n) is 22.1. The van der Waals surface area contributed by atoms with Crippen LogP contribution in [-0.2, 0) is 5.41 Å². The van der Waals surface area contributed by atoms with E-state index < -0.39 is 5.41 Å². The molecule has 2 heterocycles. The highest BCUT2D eigenvalue weighted by Crippen LogP contribution is 2.65. The van der Waals surface area contributed by atoms with Gasteiger partial charge in [0.15, 0.2) is 0 Å². The number of fused-ring (bicyclic) bond motifs is 17. The zero-order chi connectivity index (χ0) is 41.9. The summed E-state index contributed by atoms with van der Waals surface area (Å²) in [4.78, 5) is 2.45. The SMILES string of the molecule is c1ccc(-c2ccc(N(c3ccc4c(c3)C3(c5ccccc5-c5ccccc53)c3c-4ccc4oc5ccccc5c34)c3ccc4c(c3)c3ccccc3n4-c3ccccc3)cc2)cc1. The van der Waals surface area contributed by atoms with Gasteiger partial charge in [0.25, 0.3) is 0 Å². The Balaban J connectivity index is 1.05. The second kappa shape index (κ2) is 13.3. The Kier molecular flexibility index (Phi) is 7.32. The van der Waals surface area contributed by atoms with Gasteiger partial charge in [-0.05, 0) is 128 Å². The molecule has 3 nitrogen and oxygen atoms in total. The third-order valence-corrected chi connectivity index (χ3v) is 14.0. The molecule has 3 heteroatoms. The van der Waals surface area contributed by atoms with Gasteiger partial charge in [-0.1, -0.05) is 158 Å². The van der Waals surface area contributed by atoms with Crippen molar-refractivity contribution in [2.75, 3.05) is 4.90 Å². The van der Waals surface area contributed by atoms with Gasteiger partial charge in [-0.25, -0.2) is 0 Å². The second-order valence-corrected chi connectivity index (χ2v) is 17.2. The molecule has 0 aliphatic heterocycles. The molecular formula is C61H38N2O. The molecule has 14 rings (SSSR count). The van der Waals surface area contributed by atoms with Crippen LogP contribution in [-0.4, -0.2) is 4.57 Å². The normalized spacial score (nSPS) is 13.1. The molecule has 0 atom stereocenters. The lowest BCUT2D eigenvalue weighted by atomic mass is 9.69. The molecule has 0 saturated carbocycles. The molecule has 0 bridgehead atoms. The molecule has 0 amide bonds. The Labute approximate surface area is 370 Å². The largest absolute Gasteiger partial charge is 0.456 e. The fraction of sp³-hybridized carbons (Fsp3) is 0.0164. The van der Waals surface area contributed by atoms with E-state index >= 15 is 0 Å². The van der Waals surface area contributed by atoms with Gasteiger partial charge in [0.05, 0.1) is 16.4 Å². The number of furan rings is 1. The molecule has 2 aliphatic rings. The standard InChI is InChI=1S/C61H38N2O/c1-3-15-39(16-4-1)40-27-29-42(30-28-40)62(43-32-35-56-51(37-43)48-21-9-13-25-55(48)63(56)41-17-5-2-6-18-41)44-31-33-47-49-34-36-58-59(50-22-10-14-26-57(50)64-58)60(49)61(54(47)38-44)52-23-11-7-19-45(52)46-20-8-12-24-53(46)61/h1-38H. The van der Waals surface area contributed by atoms with E-state index in [2.05, 4.69) is 240 Å². The maximum Gasteiger partial charge on any atom is 0.135 e. The van der Waals surface area contributed by atoms with Crippen LogP contribution in [0.3, 0.4) is 0 Å². The predicted molar refractivity (Wildman–Crippen MR) is 264 cm³/mol. The van der Waals surface area contributed by atoms with Crippen molar-refractivity contribution in [1.29, 1.82) is 0 Å². The van der Waals surface area contributed by atoms with E-state index in [1.807, 2.05) is 0 Å². The van der Waals surface area contributed by atoms with Gasteiger partial charge in [0.1, 0.15) is 11.2 Å². The molecule has 0 saturated heterocycles. The lowest BCUT2D eigenvalue weighted by Gasteiger charge is -2.32. The average Bonchev–Trinajstić information content (AvgIpc) is 4.08. The van der Waals surface area contributed by atoms with E-state index in [4.69, 9.17) is 4.42 Å². The highest BCUT2D eigenvalue weighted by atomic mass is 16.3. The summed E-state index contributed by atoms with van der Waals surface area (Å²) in [5.41, 5.74) is 20.7. The van der Waals surface area contributed by atoms with Gasteiger partial charge < -0.3 is 13.9 Å². The van der Waals surface area contributed by atoms with Crippen LogP contribution in [0.25, 0.3) is 82.8 Å². The summed E-state index contributed by atoms with van der Waals surface area (Å²) in [6.07, 6.45) is 0. The number of hydrogen-bond acceptors (Lipinski definition) is 2. The number of para-hydroxylation sites is 3. The van der Waals surface area contributed by atoms with E-state index in [-0.39, 0.29) is 0 Å². The summed E-state index contributed by atoms with van der Waals surface area (Å²) in [7, 11) is 0. The Hall–Kier alpha value is -8.40. The maximum atomic E-state index is 6.66. The first kappa shape index (κ1) is 35.2. The first-order valence-corrected chi connectivity index (χ1v) is 22.1. The number of benzene rings is 10. The summed E-state index contributed by atoms with van der Waals surface area (Å²) < 4.78 is 9.05. The van der Waals surface area contributed by atoms with Crippen molar-refractivity contribution in [2.45, 2.75) is 5.41 Å². The van der Waals surface area contributed by atoms with Gasteiger partial charge in [-0.15, -0.1) is 0 Å². The van der Waals surface area contributed by atoms with Crippen molar-refractivity contribution in [2.24, 2.45) is 0 Å². The van der Waals surface area contributed by atoms with Gasteiger partial charge in [-0.2, -0.15) is 0 Å². The maximum absolute atomic E-state index is 6.66. The van der Waals surface area contributed by atoms with Gasteiger partial charge in [0, 0.05) is 44.3 Å². The Morgan fingerprint density at radius 2 is 0.922 bits per heavy atom. The molecule has 2 aromatic heterocycles. The van der Waals surface area contributed by atoms with Crippen molar-refractivity contribution < 1.29 is 4.42 Å². The van der Waals surface area contributed by atoms with Crippen molar-refractivity contribution >= 4 is 60.8 Å². The monoisotopic (exact) mass is 814 g/mol. The van der Waals surface area contributed by atoms with Gasteiger partial charge in [-0.3, -0.25) is 0 Å². The third kappa shape index (κ3) is 4.76. The molecule has 0 radical (unpaired) electrons. The van der Waals surface area contributed by atoms with Crippen LogP contribution >= 0.6 is 0 Å². The van der Waals surface area contributed by atoms with Crippen LogP contribution in [0.4, 0.5) is 17.1 Å². The molecule has 298 valence electrons. The van der Waals surface area contributed by atoms with Crippen molar-refractivity contribution in [1.82, 2.24) is 4.57 Å². The predicted octanol–water partition coefficient (Wildman–Crippen LogP) is 16.2. The topological polar surface area (TPSA) is 21.3 Å². The molecule has 0 unspecified atom stereocenters. The molecule has 64 heavy (non-hydrogen) atoms. The quantitative estimate of drug-likeness (QED) is 0.173. The molecule has 2 aliphatic carbocycles. The highest BCUT2D eigenvalue weighted by molar-refractivity contribution is 6.14. The molecular weight excluding hydrogens is 777 g/mol. The summed E-state index contributed by atoms with van der Waals surface area (Å²) in [5, 5.41) is 4.76. The Bertz CT molecular complexity index is 3790. The number of nitrogens with zero attached hydrogens (tertiary/aromatic N) is 2. The molecule has 1 spiro atoms. The Morgan fingerprint density at radius 1 is 0.359 bits per heavy atom. The molecule has 0 N–H and O–H groups in total. The zero-order valence-corrected chi connectivity index (χ0v) is 34.7. The van der Waals surface area contributed by atoms with Crippen LogP contribution in [0, 0.1) is 0 Å². The number of anilines is 3. The smallest absolute Gasteiger partial charge is 0.135 e. The third-order valence-electron chi connectivity index (χ3n) is 14.0. The van der Waals surface area contributed by atoms with E-state index in [0.717, 1.165) is 39.3 Å². The van der Waals surface area contributed by atoms with Crippen LogP contribution in [0.2, 0.25) is 0 Å². The van der Waals surface area contributed by atoms with Crippen molar-refractivity contribution in [3.05, 3.63) is 253 Å². The Morgan fingerprint density at radius 3 is 1.70 bits per heavy atom. The number of aromatic nitrogens is 1. The van der Waals surface area contributed by atoms with Crippen LogP contribution in [0.1, 0.15) is 22.3 Å². The lowest BCUT2D eigenvalue weighted by molar-refractivity contribution is 0.668. The van der Waals surface area contributed by atoms with E-state index in [1.165, 1.54) is 82.8 Å². The van der Waals surface area contributed by atoms with E-state index in [1.54, 1.807) is 0 Å². The summed E-state index contributed by atoms with van der Waals surface area (Å²) in [6.45, 7) is 0. The van der Waals surface area contributed by atoms with Gasteiger partial charge in [0.2, 0.25) is 0 Å². The minimum Gasteiger partial charge on any atom is -0.456 e. The average molecular weight is 815 g/mol. The lowest BCUT2D eigenvalue weighted by Crippen LogP contribution is -2.26. The molecule has 12 aromatic rings. The molecule has 0 fully saturated rings. The van der Waals surface area contributed by atoms with E-state index in [9.17, 15) is 0 Å². The van der Waals surface area contributed by atoms with Crippen LogP contribution in [0.15, 0.2) is 235 Å². The fourth-order valence-corrected chi connectivity index (χ4v) is 11.4. The highest BCUT2D eigenvalue weighted by Gasteiger charge is 2.53.